The van der Waals surface area contributed by atoms with E-state index in [-0.39, 0.29) is 5.82 Å². The molecule has 0 aliphatic carbocycles. The molecule has 0 saturated carbocycles. The second-order valence-corrected chi connectivity index (χ2v) is 7.89. The van der Waals surface area contributed by atoms with Crippen molar-refractivity contribution < 1.29 is 9.13 Å². The lowest BCUT2D eigenvalue weighted by Gasteiger charge is -2.29. The molecule has 0 aromatic heterocycles. The molecule has 3 rings (SSSR count). The number of morpholine rings is 1. The Kier molecular flexibility index (Phi) is 6.01. The highest BCUT2D eigenvalue weighted by Gasteiger charge is 2.30. The van der Waals surface area contributed by atoms with Crippen LogP contribution in [0.25, 0.3) is 0 Å². The number of anilines is 1. The minimum absolute atomic E-state index is 0.174. The van der Waals surface area contributed by atoms with Gasteiger partial charge in [0.15, 0.2) is 5.96 Å². The molecular weight excluding hydrogens is 331 g/mol. The molecule has 0 amide bonds. The molecular formula is C20H31FN4O. The molecule has 2 aliphatic rings. The third-order valence-electron chi connectivity index (χ3n) is 5.09. The molecule has 1 aromatic carbocycles. The van der Waals surface area contributed by atoms with E-state index in [1.165, 1.54) is 6.42 Å². The Morgan fingerprint density at radius 2 is 2.04 bits per heavy atom. The van der Waals surface area contributed by atoms with Crippen LogP contribution < -0.4 is 10.2 Å². The fraction of sp³-hybridized carbons (Fsp3) is 0.650. The minimum Gasteiger partial charge on any atom is -0.378 e. The van der Waals surface area contributed by atoms with Gasteiger partial charge in [0.25, 0.3) is 0 Å². The molecule has 0 radical (unpaired) electrons. The predicted octanol–water partition coefficient (Wildman–Crippen LogP) is 2.86. The first kappa shape index (κ1) is 19.0. The van der Waals surface area contributed by atoms with E-state index < -0.39 is 0 Å². The topological polar surface area (TPSA) is 40.1 Å². The molecule has 2 saturated heterocycles. The van der Waals surface area contributed by atoms with Gasteiger partial charge >= 0.3 is 0 Å². The summed E-state index contributed by atoms with van der Waals surface area (Å²) in [5, 5.41) is 3.37. The summed E-state index contributed by atoms with van der Waals surface area (Å²) >= 11 is 0. The number of nitrogens with zero attached hydrogens (tertiary/aromatic N) is 3. The molecule has 5 nitrogen and oxygen atoms in total. The van der Waals surface area contributed by atoms with E-state index >= 15 is 0 Å². The predicted molar refractivity (Wildman–Crippen MR) is 104 cm³/mol. The Balaban J connectivity index is 1.68. The molecule has 2 aliphatic heterocycles. The van der Waals surface area contributed by atoms with Gasteiger partial charge in [0.05, 0.1) is 25.4 Å². The summed E-state index contributed by atoms with van der Waals surface area (Å²) in [6.07, 6.45) is 1.17. The first-order valence-electron chi connectivity index (χ1n) is 9.63. The highest BCUT2D eigenvalue weighted by molar-refractivity contribution is 5.80. The molecule has 26 heavy (non-hydrogen) atoms. The van der Waals surface area contributed by atoms with Crippen molar-refractivity contribution in [3.63, 3.8) is 0 Å². The summed E-state index contributed by atoms with van der Waals surface area (Å²) in [7, 11) is 0. The number of benzene rings is 1. The Bertz CT molecular complexity index is 641. The van der Waals surface area contributed by atoms with Gasteiger partial charge in [-0.2, -0.15) is 0 Å². The lowest BCUT2D eigenvalue weighted by molar-refractivity contribution is 0.122. The van der Waals surface area contributed by atoms with Crippen molar-refractivity contribution in [2.45, 2.75) is 33.7 Å². The van der Waals surface area contributed by atoms with Gasteiger partial charge in [0, 0.05) is 32.7 Å². The number of hydrogen-bond donors (Lipinski definition) is 1. The van der Waals surface area contributed by atoms with Crippen LogP contribution in [0.4, 0.5) is 10.1 Å². The van der Waals surface area contributed by atoms with Crippen LogP contribution in [0.15, 0.2) is 23.2 Å². The van der Waals surface area contributed by atoms with Crippen molar-refractivity contribution in [1.29, 1.82) is 0 Å². The Labute approximate surface area is 156 Å². The summed E-state index contributed by atoms with van der Waals surface area (Å²) < 4.78 is 19.9. The van der Waals surface area contributed by atoms with Gasteiger partial charge in [-0.05, 0) is 36.5 Å². The van der Waals surface area contributed by atoms with Gasteiger partial charge in [0.1, 0.15) is 5.82 Å². The summed E-state index contributed by atoms with van der Waals surface area (Å²) in [6.45, 7) is 12.8. The number of rotatable bonds is 4. The summed E-state index contributed by atoms with van der Waals surface area (Å²) in [6, 6.07) is 5.47. The Morgan fingerprint density at radius 3 is 2.65 bits per heavy atom. The average molecular weight is 362 g/mol. The van der Waals surface area contributed by atoms with E-state index in [1.54, 1.807) is 6.07 Å². The summed E-state index contributed by atoms with van der Waals surface area (Å²) in [5.41, 5.74) is 1.88. The smallest absolute Gasteiger partial charge is 0.194 e. The van der Waals surface area contributed by atoms with Crippen molar-refractivity contribution in [2.75, 3.05) is 50.8 Å². The summed E-state index contributed by atoms with van der Waals surface area (Å²) in [5.74, 6) is 0.752. The SMILES string of the molecule is CCNC(=NCc1ccc(N2CCOCC2)c(F)c1)N1CCC(C)(C)C1. The van der Waals surface area contributed by atoms with Crippen LogP contribution in [0, 0.1) is 11.2 Å². The van der Waals surface area contributed by atoms with Crippen LogP contribution >= 0.6 is 0 Å². The van der Waals surface area contributed by atoms with E-state index in [2.05, 4.69) is 31.0 Å². The number of aliphatic imine (C=N–C) groups is 1. The molecule has 0 bridgehead atoms. The quantitative estimate of drug-likeness (QED) is 0.660. The van der Waals surface area contributed by atoms with Crippen LogP contribution in [0.3, 0.4) is 0 Å². The maximum atomic E-state index is 14.6. The molecule has 1 aromatic rings. The first-order chi connectivity index (χ1) is 12.5. The van der Waals surface area contributed by atoms with E-state index in [0.717, 1.165) is 44.2 Å². The van der Waals surface area contributed by atoms with Crippen LogP contribution in [0.5, 0.6) is 0 Å². The number of nitrogens with one attached hydrogen (secondary N) is 1. The third kappa shape index (κ3) is 4.67. The molecule has 6 heteroatoms. The van der Waals surface area contributed by atoms with Gasteiger partial charge < -0.3 is 19.9 Å². The lowest BCUT2D eigenvalue weighted by atomic mass is 9.93. The molecule has 2 heterocycles. The zero-order chi connectivity index (χ0) is 18.6. The van der Waals surface area contributed by atoms with E-state index in [4.69, 9.17) is 9.73 Å². The number of hydrogen-bond acceptors (Lipinski definition) is 3. The van der Waals surface area contributed by atoms with Gasteiger partial charge in [-0.1, -0.05) is 19.9 Å². The average Bonchev–Trinajstić information content (AvgIpc) is 2.99. The standard InChI is InChI=1S/C20H31FN4O/c1-4-22-19(25-8-7-20(2,3)15-25)23-14-16-5-6-18(17(21)13-16)24-9-11-26-12-10-24/h5-6,13H,4,7-12,14-15H2,1-3H3,(H,22,23). The van der Waals surface area contributed by atoms with Gasteiger partial charge in [-0.3, -0.25) is 0 Å². The normalized spacial score (nSPS) is 20.5. The first-order valence-corrected chi connectivity index (χ1v) is 9.63. The number of guanidine groups is 1. The van der Waals surface area contributed by atoms with E-state index in [1.807, 2.05) is 17.0 Å². The van der Waals surface area contributed by atoms with Crippen molar-refractivity contribution in [2.24, 2.45) is 10.4 Å². The van der Waals surface area contributed by atoms with Crippen LogP contribution in [0.1, 0.15) is 32.8 Å². The monoisotopic (exact) mass is 362 g/mol. The molecule has 1 N–H and O–H groups in total. The van der Waals surface area contributed by atoms with Crippen LogP contribution in [-0.4, -0.2) is 56.8 Å². The maximum absolute atomic E-state index is 14.6. The number of ether oxygens (including phenoxy) is 1. The van der Waals surface area contributed by atoms with E-state index in [0.29, 0.717) is 30.9 Å². The van der Waals surface area contributed by atoms with Crippen molar-refractivity contribution >= 4 is 11.6 Å². The van der Waals surface area contributed by atoms with Crippen LogP contribution in [-0.2, 0) is 11.3 Å². The molecule has 144 valence electrons. The molecule has 2 fully saturated rings. The van der Waals surface area contributed by atoms with Crippen molar-refractivity contribution in [3.05, 3.63) is 29.6 Å². The van der Waals surface area contributed by atoms with Crippen molar-refractivity contribution in [1.82, 2.24) is 10.2 Å². The van der Waals surface area contributed by atoms with E-state index in [9.17, 15) is 4.39 Å². The fourth-order valence-electron chi connectivity index (χ4n) is 3.59. The maximum Gasteiger partial charge on any atom is 0.194 e. The van der Waals surface area contributed by atoms with Crippen LogP contribution in [0.2, 0.25) is 0 Å². The minimum atomic E-state index is -0.174. The number of likely N-dealkylation sites (tertiary alicyclic amines) is 1. The van der Waals surface area contributed by atoms with Gasteiger partial charge in [-0.15, -0.1) is 0 Å². The van der Waals surface area contributed by atoms with Gasteiger partial charge in [0.2, 0.25) is 0 Å². The zero-order valence-corrected chi connectivity index (χ0v) is 16.2. The number of halogens is 1. The highest BCUT2D eigenvalue weighted by atomic mass is 19.1. The Morgan fingerprint density at radius 1 is 1.27 bits per heavy atom. The summed E-state index contributed by atoms with van der Waals surface area (Å²) in [4.78, 5) is 9.10. The molecule has 0 atom stereocenters. The molecule has 0 unspecified atom stereocenters. The third-order valence-corrected chi connectivity index (χ3v) is 5.09. The second-order valence-electron chi connectivity index (χ2n) is 7.89. The fourth-order valence-corrected chi connectivity index (χ4v) is 3.59. The lowest BCUT2D eigenvalue weighted by Crippen LogP contribution is -2.40. The van der Waals surface area contributed by atoms with Crippen molar-refractivity contribution in [3.8, 4) is 0 Å². The Hall–Kier alpha value is -1.82. The van der Waals surface area contributed by atoms with Gasteiger partial charge in [-0.25, -0.2) is 9.38 Å². The zero-order valence-electron chi connectivity index (χ0n) is 16.2. The highest BCUT2D eigenvalue weighted by Crippen LogP contribution is 2.29. The largest absolute Gasteiger partial charge is 0.378 e. The second kappa shape index (κ2) is 8.25. The molecule has 0 spiro atoms.